The minimum absolute atomic E-state index is 0.00171. The van der Waals surface area contributed by atoms with Gasteiger partial charge in [-0.25, -0.2) is 4.98 Å². The van der Waals surface area contributed by atoms with Gasteiger partial charge in [0.25, 0.3) is 0 Å². The lowest BCUT2D eigenvalue weighted by Gasteiger charge is -2.09. The first kappa shape index (κ1) is 12.1. The number of carbonyl (C=O) groups excluding carboxylic acids is 1. The molecule has 17 heavy (non-hydrogen) atoms. The van der Waals surface area contributed by atoms with Gasteiger partial charge in [-0.2, -0.15) is 0 Å². The molecule has 0 bridgehead atoms. The van der Waals surface area contributed by atoms with Crippen molar-refractivity contribution in [3.05, 3.63) is 23.2 Å². The van der Waals surface area contributed by atoms with Gasteiger partial charge in [-0.1, -0.05) is 12.2 Å². The lowest BCUT2D eigenvalue weighted by Crippen LogP contribution is -2.40. The van der Waals surface area contributed by atoms with Gasteiger partial charge in [0.1, 0.15) is 6.04 Å². The van der Waals surface area contributed by atoms with Crippen LogP contribution in [0.15, 0.2) is 17.5 Å². The van der Waals surface area contributed by atoms with Crippen LogP contribution in [0.3, 0.4) is 0 Å². The van der Waals surface area contributed by atoms with Crippen molar-refractivity contribution in [2.24, 2.45) is 0 Å². The number of hydrogen-bond donors (Lipinski definition) is 2. The average molecular weight is 252 g/mol. The van der Waals surface area contributed by atoms with Gasteiger partial charge in [-0.05, 0) is 0 Å². The van der Waals surface area contributed by atoms with Crippen LogP contribution in [-0.4, -0.2) is 37.6 Å². The highest BCUT2D eigenvalue weighted by molar-refractivity contribution is 7.13. The van der Waals surface area contributed by atoms with Gasteiger partial charge in [-0.15, -0.1) is 11.3 Å². The third kappa shape index (κ3) is 3.04. The summed E-state index contributed by atoms with van der Waals surface area (Å²) in [6.07, 6.45) is 3.83. The number of rotatable bonds is 4. The quantitative estimate of drug-likeness (QED) is 0.759. The third-order valence-electron chi connectivity index (χ3n) is 2.43. The summed E-state index contributed by atoms with van der Waals surface area (Å²) in [6.45, 7) is 1.24. The molecule has 0 fully saturated rings. The van der Waals surface area contributed by atoms with Crippen molar-refractivity contribution in [2.75, 3.05) is 25.5 Å². The Morgan fingerprint density at radius 1 is 1.71 bits per heavy atom. The molecule has 0 unspecified atom stereocenters. The van der Waals surface area contributed by atoms with Crippen molar-refractivity contribution in [2.45, 2.75) is 12.6 Å². The highest BCUT2D eigenvalue weighted by Crippen LogP contribution is 2.17. The first-order valence-corrected chi connectivity index (χ1v) is 6.34. The summed E-state index contributed by atoms with van der Waals surface area (Å²) >= 11 is 1.58. The van der Waals surface area contributed by atoms with Crippen LogP contribution in [0.4, 0.5) is 5.13 Å². The summed E-state index contributed by atoms with van der Waals surface area (Å²) in [6, 6.07) is -0.193. The Bertz CT molecular complexity index is 427. The number of nitrogens with zero attached hydrogens (tertiary/aromatic N) is 2. The zero-order valence-corrected chi connectivity index (χ0v) is 10.8. The van der Waals surface area contributed by atoms with E-state index >= 15 is 0 Å². The number of aromatic nitrogens is 1. The molecule has 1 aromatic heterocycles. The first-order valence-electron chi connectivity index (χ1n) is 5.46. The molecule has 0 spiro atoms. The van der Waals surface area contributed by atoms with Crippen molar-refractivity contribution >= 4 is 22.4 Å². The standard InChI is InChI=1S/C11H16N4OS/c1-15(2)11-14-8(7-17-11)6-13-10(16)9-4-3-5-12-9/h3-4,7,9,12H,5-6H2,1-2H3,(H,13,16)/t9-/m1/s1. The van der Waals surface area contributed by atoms with Gasteiger partial charge in [0, 0.05) is 26.0 Å². The second kappa shape index (κ2) is 5.29. The first-order chi connectivity index (χ1) is 8.16. The number of hydrogen-bond acceptors (Lipinski definition) is 5. The highest BCUT2D eigenvalue weighted by atomic mass is 32.1. The molecule has 2 heterocycles. The molecule has 92 valence electrons. The van der Waals surface area contributed by atoms with Gasteiger partial charge in [0.2, 0.25) is 5.91 Å². The van der Waals surface area contributed by atoms with Crippen LogP contribution in [0.25, 0.3) is 0 Å². The topological polar surface area (TPSA) is 57.3 Å². The van der Waals surface area contributed by atoms with Crippen molar-refractivity contribution in [3.8, 4) is 0 Å². The largest absolute Gasteiger partial charge is 0.354 e. The molecule has 1 aromatic rings. The Labute approximate surface area is 105 Å². The summed E-state index contributed by atoms with van der Waals surface area (Å²) in [4.78, 5) is 18.1. The normalized spacial score (nSPS) is 18.4. The minimum Gasteiger partial charge on any atom is -0.354 e. The SMILES string of the molecule is CN(C)c1nc(CNC(=O)[C@H]2C=CCN2)cs1. The zero-order valence-electron chi connectivity index (χ0n) is 9.93. The number of thiazole rings is 1. The van der Waals surface area contributed by atoms with E-state index in [0.29, 0.717) is 6.54 Å². The molecular weight excluding hydrogens is 236 g/mol. The molecule has 1 aliphatic rings. The van der Waals surface area contributed by atoms with Crippen LogP contribution in [0.2, 0.25) is 0 Å². The smallest absolute Gasteiger partial charge is 0.241 e. The average Bonchev–Trinajstić information content (AvgIpc) is 2.97. The monoisotopic (exact) mass is 252 g/mol. The predicted octanol–water partition coefficient (Wildman–Crippen LogP) is 0.353. The molecule has 0 aliphatic carbocycles. The van der Waals surface area contributed by atoms with E-state index in [1.54, 1.807) is 11.3 Å². The van der Waals surface area contributed by atoms with E-state index in [4.69, 9.17) is 0 Å². The van der Waals surface area contributed by atoms with E-state index in [1.165, 1.54) is 0 Å². The van der Waals surface area contributed by atoms with Gasteiger partial charge in [0.05, 0.1) is 12.2 Å². The number of amides is 1. The van der Waals surface area contributed by atoms with E-state index in [9.17, 15) is 4.79 Å². The third-order valence-corrected chi connectivity index (χ3v) is 3.49. The minimum atomic E-state index is -0.193. The zero-order chi connectivity index (χ0) is 12.3. The van der Waals surface area contributed by atoms with Crippen LogP contribution >= 0.6 is 11.3 Å². The van der Waals surface area contributed by atoms with Gasteiger partial charge in [-0.3, -0.25) is 10.1 Å². The van der Waals surface area contributed by atoms with Crippen molar-refractivity contribution in [1.29, 1.82) is 0 Å². The van der Waals surface area contributed by atoms with Gasteiger partial charge >= 0.3 is 0 Å². The molecule has 1 amide bonds. The van der Waals surface area contributed by atoms with Crippen molar-refractivity contribution in [3.63, 3.8) is 0 Å². The van der Waals surface area contributed by atoms with Crippen LogP contribution in [0, 0.1) is 0 Å². The van der Waals surface area contributed by atoms with E-state index < -0.39 is 0 Å². The molecule has 2 N–H and O–H groups in total. The van der Waals surface area contributed by atoms with Gasteiger partial charge in [0.15, 0.2) is 5.13 Å². The summed E-state index contributed by atoms with van der Waals surface area (Å²) in [7, 11) is 3.91. The lowest BCUT2D eigenvalue weighted by molar-refractivity contribution is -0.122. The van der Waals surface area contributed by atoms with E-state index in [2.05, 4.69) is 15.6 Å². The molecule has 0 saturated heterocycles. The predicted molar refractivity (Wildman–Crippen MR) is 69.2 cm³/mol. The van der Waals surface area contributed by atoms with Crippen LogP contribution in [0.1, 0.15) is 5.69 Å². The summed E-state index contributed by atoms with van der Waals surface area (Å²) in [5.74, 6) is -0.00171. The lowest BCUT2D eigenvalue weighted by atomic mass is 10.3. The summed E-state index contributed by atoms with van der Waals surface area (Å²) < 4.78 is 0. The fourth-order valence-electron chi connectivity index (χ4n) is 1.52. The Hall–Kier alpha value is -1.40. The maximum absolute atomic E-state index is 11.7. The molecule has 1 aliphatic heterocycles. The fourth-order valence-corrected chi connectivity index (χ4v) is 2.28. The maximum atomic E-state index is 11.7. The number of anilines is 1. The molecule has 0 radical (unpaired) electrons. The summed E-state index contributed by atoms with van der Waals surface area (Å²) in [5.41, 5.74) is 0.897. The van der Waals surface area contributed by atoms with Gasteiger partial charge < -0.3 is 10.2 Å². The van der Waals surface area contributed by atoms with Crippen molar-refractivity contribution in [1.82, 2.24) is 15.6 Å². The second-order valence-corrected chi connectivity index (χ2v) is 4.88. The Morgan fingerprint density at radius 2 is 2.53 bits per heavy atom. The molecule has 0 saturated carbocycles. The van der Waals surface area contributed by atoms with Crippen LogP contribution in [0.5, 0.6) is 0 Å². The number of carbonyl (C=O) groups is 1. The van der Waals surface area contributed by atoms with E-state index in [-0.39, 0.29) is 11.9 Å². The Balaban J connectivity index is 1.84. The highest BCUT2D eigenvalue weighted by Gasteiger charge is 2.17. The van der Waals surface area contributed by atoms with E-state index in [0.717, 1.165) is 17.4 Å². The summed E-state index contributed by atoms with van der Waals surface area (Å²) in [5, 5.41) is 8.85. The Morgan fingerprint density at radius 3 is 3.12 bits per heavy atom. The molecule has 5 nitrogen and oxygen atoms in total. The molecule has 0 aromatic carbocycles. The second-order valence-electron chi connectivity index (χ2n) is 4.05. The van der Waals surface area contributed by atoms with Crippen molar-refractivity contribution < 1.29 is 4.79 Å². The van der Waals surface area contributed by atoms with E-state index in [1.807, 2.05) is 36.5 Å². The van der Waals surface area contributed by atoms with Crippen LogP contribution < -0.4 is 15.5 Å². The molecule has 1 atom stereocenters. The Kier molecular flexibility index (Phi) is 3.75. The maximum Gasteiger partial charge on any atom is 0.241 e. The molecule has 6 heteroatoms. The number of nitrogens with one attached hydrogen (secondary N) is 2. The molecule has 2 rings (SSSR count). The fraction of sp³-hybridized carbons (Fsp3) is 0.455. The van der Waals surface area contributed by atoms with Crippen LogP contribution in [-0.2, 0) is 11.3 Å². The molecular formula is C11H16N4OS.